The topological polar surface area (TPSA) is 65.2 Å². The summed E-state index contributed by atoms with van der Waals surface area (Å²) in [6.07, 6.45) is -4.42. The number of hydrogen-bond donors (Lipinski definition) is 2. The van der Waals surface area contributed by atoms with Gasteiger partial charge in [0.2, 0.25) is 0 Å². The van der Waals surface area contributed by atoms with Crippen LogP contribution >= 0.6 is 0 Å². The van der Waals surface area contributed by atoms with Crippen LogP contribution < -0.4 is 16.2 Å². The third-order valence-electron chi connectivity index (χ3n) is 4.15. The highest BCUT2D eigenvalue weighted by Gasteiger charge is 2.31. The molecule has 0 radical (unpaired) electrons. The van der Waals surface area contributed by atoms with Crippen LogP contribution in [0.15, 0.2) is 58.3 Å². The molecule has 0 saturated carbocycles. The highest BCUT2D eigenvalue weighted by Crippen LogP contribution is 2.29. The largest absolute Gasteiger partial charge is 0.505 e. The molecule has 1 heterocycles. The van der Waals surface area contributed by atoms with E-state index in [1.165, 1.54) is 12.1 Å². The predicted octanol–water partition coefficient (Wildman–Crippen LogP) is 1.92. The van der Waals surface area contributed by atoms with E-state index in [9.17, 15) is 23.4 Å². The Kier molecular flexibility index (Phi) is 3.25. The predicted molar refractivity (Wildman–Crippen MR) is 86.4 cm³/mol. The van der Waals surface area contributed by atoms with Gasteiger partial charge in [0.1, 0.15) is 22.2 Å². The minimum absolute atomic E-state index is 0.110. The molecule has 2 N–H and O–H groups in total. The summed E-state index contributed by atoms with van der Waals surface area (Å²) in [6, 6.07) is 11.2. The first-order valence-corrected chi connectivity index (χ1v) is 7.42. The average Bonchev–Trinajstić information content (AvgIpc) is 3.05. The summed E-state index contributed by atoms with van der Waals surface area (Å²) in [6.45, 7) is -0.814. The number of fused-ring (bicyclic) bond motifs is 2. The first kappa shape index (κ1) is 15.5. The van der Waals surface area contributed by atoms with Gasteiger partial charge in [0, 0.05) is 10.8 Å². The van der Waals surface area contributed by atoms with Crippen molar-refractivity contribution in [3.05, 3.63) is 64.8 Å². The van der Waals surface area contributed by atoms with Gasteiger partial charge >= 0.3 is 13.2 Å². The Morgan fingerprint density at radius 1 is 0.760 bits per heavy atom. The Morgan fingerprint density at radius 3 is 1.68 bits per heavy atom. The molecule has 3 aromatic carbocycles. The van der Waals surface area contributed by atoms with Crippen LogP contribution in [0.3, 0.4) is 0 Å². The first-order valence-electron chi connectivity index (χ1n) is 7.42. The Labute approximate surface area is 139 Å². The van der Waals surface area contributed by atoms with Gasteiger partial charge in [-0.05, 0) is 5.46 Å². The maximum absolute atomic E-state index is 12.7. The molecule has 8 heteroatoms. The van der Waals surface area contributed by atoms with Crippen molar-refractivity contribution in [3.63, 3.8) is 0 Å². The number of rotatable bonds is 1. The second kappa shape index (κ2) is 5.24. The third kappa shape index (κ3) is 2.41. The quantitative estimate of drug-likeness (QED) is 0.524. The van der Waals surface area contributed by atoms with Gasteiger partial charge in [0.15, 0.2) is 0 Å². The van der Waals surface area contributed by atoms with E-state index in [0.29, 0.717) is 16.2 Å². The number of phenolic OH excluding ortho intramolecular Hbond substituents is 2. The summed E-state index contributed by atoms with van der Waals surface area (Å²) in [5, 5.41) is 21.9. The van der Waals surface area contributed by atoms with E-state index >= 15 is 0 Å². The molecule has 4 rings (SSSR count). The second-order valence-corrected chi connectivity index (χ2v) is 5.69. The summed E-state index contributed by atoms with van der Waals surface area (Å²) < 4.78 is 38.0. The van der Waals surface area contributed by atoms with Crippen LogP contribution in [-0.2, 0) is 6.18 Å². The molecule has 0 spiro atoms. The second-order valence-electron chi connectivity index (χ2n) is 5.69. The van der Waals surface area contributed by atoms with Crippen LogP contribution in [0.4, 0.5) is 13.2 Å². The normalized spacial score (nSPS) is 13.5. The molecule has 0 aliphatic carbocycles. The fourth-order valence-corrected chi connectivity index (χ4v) is 2.89. The molecule has 1 aliphatic heterocycles. The van der Waals surface area contributed by atoms with Gasteiger partial charge in [0.25, 0.3) is 0 Å². The van der Waals surface area contributed by atoms with Crippen molar-refractivity contribution in [1.82, 2.24) is 0 Å². The molecule has 0 bridgehead atoms. The van der Waals surface area contributed by atoms with Gasteiger partial charge in [-0.25, -0.2) is 0 Å². The number of phenols is 2. The third-order valence-corrected chi connectivity index (χ3v) is 4.15. The average molecular weight is 342 g/mol. The van der Waals surface area contributed by atoms with Crippen LogP contribution in [0, 0.1) is 0 Å². The highest BCUT2D eigenvalue weighted by atomic mass is 19.4. The number of alkyl halides is 3. The molecule has 0 atom stereocenters. The Bertz CT molecular complexity index is 1050. The molecule has 4 nitrogen and oxygen atoms in total. The number of benzene rings is 3. The van der Waals surface area contributed by atoms with Gasteiger partial charge in [-0.1, -0.05) is 48.5 Å². The molecule has 0 saturated heterocycles. The molecule has 124 valence electrons. The van der Waals surface area contributed by atoms with Gasteiger partial charge in [-0.2, -0.15) is 13.2 Å². The maximum Gasteiger partial charge on any atom is 0.449 e. The van der Waals surface area contributed by atoms with Crippen molar-refractivity contribution < 1.29 is 23.4 Å². The standard InChI is InChI=1S/C17H10BF3N2O2/c19-17(20,21)9-5-7-10(8-6-9)18-22-13-14(23-18)16(25)12-4-2-1-3-11(12)15(13)24/h1-8,24-25H. The zero-order chi connectivity index (χ0) is 17.8. The summed E-state index contributed by atoms with van der Waals surface area (Å²) in [7, 11) is 0. The van der Waals surface area contributed by atoms with E-state index in [2.05, 4.69) is 9.81 Å². The summed E-state index contributed by atoms with van der Waals surface area (Å²) in [5.41, 5.74) is -0.324. The lowest BCUT2D eigenvalue weighted by molar-refractivity contribution is -0.137. The van der Waals surface area contributed by atoms with Crippen molar-refractivity contribution >= 4 is 23.2 Å². The molecule has 0 unspecified atom stereocenters. The van der Waals surface area contributed by atoms with Crippen molar-refractivity contribution in [1.29, 1.82) is 0 Å². The lowest BCUT2D eigenvalue weighted by atomic mass is 9.70. The number of aromatic hydroxyl groups is 2. The van der Waals surface area contributed by atoms with Crippen LogP contribution in [-0.4, -0.2) is 17.2 Å². The van der Waals surface area contributed by atoms with E-state index in [-0.39, 0.29) is 22.2 Å². The van der Waals surface area contributed by atoms with E-state index in [0.717, 1.165) is 12.1 Å². The Balaban J connectivity index is 1.86. The van der Waals surface area contributed by atoms with E-state index in [1.807, 2.05) is 0 Å². The van der Waals surface area contributed by atoms with Crippen molar-refractivity contribution in [2.24, 2.45) is 9.81 Å². The fraction of sp³-hybridized carbons (Fsp3) is 0.0588. The van der Waals surface area contributed by atoms with Crippen LogP contribution in [0.25, 0.3) is 10.8 Å². The molecule has 25 heavy (non-hydrogen) atoms. The molecule has 0 fully saturated rings. The molecule has 3 aromatic rings. The zero-order valence-corrected chi connectivity index (χ0v) is 12.6. The van der Waals surface area contributed by atoms with Gasteiger partial charge in [0.05, 0.1) is 5.56 Å². The smallest absolute Gasteiger partial charge is 0.449 e. The molecular weight excluding hydrogens is 332 g/mol. The molecule has 1 aliphatic rings. The summed E-state index contributed by atoms with van der Waals surface area (Å²) in [5.74, 6) is -0.219. The highest BCUT2D eigenvalue weighted by molar-refractivity contribution is 6.70. The SMILES string of the molecule is Oc1c2c(c(O)c3ccccc13)=NB(c1ccc(C(F)(F)F)cc1)N=2. The molecule has 0 amide bonds. The van der Waals surface area contributed by atoms with Crippen molar-refractivity contribution in [2.45, 2.75) is 6.18 Å². The van der Waals surface area contributed by atoms with Gasteiger partial charge in [-0.3, -0.25) is 0 Å². The zero-order valence-electron chi connectivity index (χ0n) is 12.6. The van der Waals surface area contributed by atoms with Gasteiger partial charge in [-0.15, -0.1) is 0 Å². The van der Waals surface area contributed by atoms with Crippen molar-refractivity contribution in [3.8, 4) is 11.5 Å². The number of nitrogens with zero attached hydrogens (tertiary/aromatic N) is 2. The van der Waals surface area contributed by atoms with Crippen molar-refractivity contribution in [2.75, 3.05) is 0 Å². The monoisotopic (exact) mass is 342 g/mol. The molecular formula is C17H10BF3N2O2. The van der Waals surface area contributed by atoms with Gasteiger partial charge < -0.3 is 20.0 Å². The first-order chi connectivity index (χ1) is 11.9. The number of halogens is 3. The maximum atomic E-state index is 12.7. The fourth-order valence-electron chi connectivity index (χ4n) is 2.89. The Hall–Kier alpha value is -3.03. The van der Waals surface area contributed by atoms with E-state index in [4.69, 9.17) is 0 Å². The lowest BCUT2D eigenvalue weighted by Gasteiger charge is -2.07. The van der Waals surface area contributed by atoms with Crippen LogP contribution in [0.1, 0.15) is 5.56 Å². The lowest BCUT2D eigenvalue weighted by Crippen LogP contribution is -2.26. The van der Waals surface area contributed by atoms with Crippen LogP contribution in [0.2, 0.25) is 0 Å². The molecule has 0 aromatic heterocycles. The number of hydrogen-bond acceptors (Lipinski definition) is 4. The van der Waals surface area contributed by atoms with Crippen LogP contribution in [0.5, 0.6) is 11.5 Å². The summed E-state index contributed by atoms with van der Waals surface area (Å²) >= 11 is 0. The van der Waals surface area contributed by atoms with E-state index < -0.39 is 18.7 Å². The van der Waals surface area contributed by atoms with E-state index in [1.54, 1.807) is 24.3 Å². The minimum atomic E-state index is -4.42. The Morgan fingerprint density at radius 2 is 1.24 bits per heavy atom. The summed E-state index contributed by atoms with van der Waals surface area (Å²) in [4.78, 5) is 8.53. The minimum Gasteiger partial charge on any atom is -0.505 e.